The molecule has 3 heterocycles. The van der Waals surface area contributed by atoms with Crippen LogP contribution in [0.25, 0.3) is 22.1 Å². The number of H-pyrrole nitrogens is 1. The predicted molar refractivity (Wildman–Crippen MR) is 83.3 cm³/mol. The average Bonchev–Trinajstić information content (AvgIpc) is 3.07. The molecular formula is C14H14BrN3O3. The Labute approximate surface area is 128 Å². The molecule has 0 bridgehead atoms. The molecule has 3 N–H and O–H groups in total. The van der Waals surface area contributed by atoms with Crippen molar-refractivity contribution in [1.82, 2.24) is 15.3 Å². The number of aliphatic hydroxyl groups is 1. The van der Waals surface area contributed by atoms with Crippen LogP contribution < -0.4 is 10.9 Å². The quantitative estimate of drug-likeness (QED) is 0.574. The molecule has 4 rings (SSSR count). The van der Waals surface area contributed by atoms with Crippen LogP contribution in [0.2, 0.25) is 0 Å². The van der Waals surface area contributed by atoms with Gasteiger partial charge in [-0.15, -0.1) is 0 Å². The molecule has 21 heavy (non-hydrogen) atoms. The van der Waals surface area contributed by atoms with E-state index in [9.17, 15) is 4.79 Å². The topological polar surface area (TPSA) is 91.2 Å². The van der Waals surface area contributed by atoms with E-state index in [1.807, 2.05) is 12.1 Å². The summed E-state index contributed by atoms with van der Waals surface area (Å²) in [7, 11) is 0. The van der Waals surface area contributed by atoms with Crippen molar-refractivity contribution < 1.29 is 9.52 Å². The van der Waals surface area contributed by atoms with Crippen molar-refractivity contribution in [2.45, 2.75) is 12.5 Å². The monoisotopic (exact) mass is 351 g/mol. The van der Waals surface area contributed by atoms with E-state index >= 15 is 0 Å². The molecule has 1 aliphatic heterocycles. The summed E-state index contributed by atoms with van der Waals surface area (Å²) in [6.45, 7) is 1.78. The van der Waals surface area contributed by atoms with Crippen LogP contribution in [0.4, 0.5) is 0 Å². The van der Waals surface area contributed by atoms with Crippen LogP contribution in [0.1, 0.15) is 6.42 Å². The van der Waals surface area contributed by atoms with Gasteiger partial charge in [-0.1, -0.05) is 15.9 Å². The van der Waals surface area contributed by atoms with Gasteiger partial charge >= 0.3 is 0 Å². The molecule has 1 unspecified atom stereocenters. The minimum Gasteiger partial charge on any atom is -0.449 e. The summed E-state index contributed by atoms with van der Waals surface area (Å²) in [5, 5.41) is 12.5. The Morgan fingerprint density at radius 1 is 1.43 bits per heavy atom. The second kappa shape index (κ2) is 5.97. The Kier molecular flexibility index (Phi) is 4.05. The summed E-state index contributed by atoms with van der Waals surface area (Å²) in [6, 6.07) is 5.55. The van der Waals surface area contributed by atoms with Crippen molar-refractivity contribution in [3.63, 3.8) is 0 Å². The van der Waals surface area contributed by atoms with Gasteiger partial charge in [-0.3, -0.25) is 4.79 Å². The molecule has 110 valence electrons. The van der Waals surface area contributed by atoms with Gasteiger partial charge in [0.2, 0.25) is 5.58 Å². The third-order valence-corrected chi connectivity index (χ3v) is 3.75. The first-order chi connectivity index (χ1) is 10.1. The van der Waals surface area contributed by atoms with Gasteiger partial charge in [-0.2, -0.15) is 0 Å². The number of nitrogens with one attached hydrogen (secondary N) is 2. The number of benzene rings is 1. The summed E-state index contributed by atoms with van der Waals surface area (Å²) in [4.78, 5) is 18.0. The number of nitrogens with zero attached hydrogens (tertiary/aromatic N) is 1. The Hall–Kier alpha value is -1.70. The third-order valence-electron chi connectivity index (χ3n) is 3.25. The van der Waals surface area contributed by atoms with Gasteiger partial charge in [-0.05, 0) is 31.2 Å². The summed E-state index contributed by atoms with van der Waals surface area (Å²) in [5.74, 6) is 0. The van der Waals surface area contributed by atoms with Crippen LogP contribution in [0.3, 0.4) is 0 Å². The van der Waals surface area contributed by atoms with Crippen LogP contribution in [-0.4, -0.2) is 34.3 Å². The van der Waals surface area contributed by atoms with Gasteiger partial charge in [0.25, 0.3) is 5.56 Å². The number of rotatable bonds is 0. The molecule has 1 aliphatic rings. The first-order valence-electron chi connectivity index (χ1n) is 6.59. The van der Waals surface area contributed by atoms with Crippen LogP contribution in [-0.2, 0) is 0 Å². The van der Waals surface area contributed by atoms with Crippen LogP contribution in [0, 0.1) is 0 Å². The van der Waals surface area contributed by atoms with E-state index in [0.717, 1.165) is 29.4 Å². The third kappa shape index (κ3) is 2.99. The zero-order valence-corrected chi connectivity index (χ0v) is 12.7. The number of aliphatic hydroxyl groups excluding tert-OH is 1. The van der Waals surface area contributed by atoms with E-state index in [0.29, 0.717) is 11.1 Å². The summed E-state index contributed by atoms with van der Waals surface area (Å²) in [6.07, 6.45) is 2.24. The van der Waals surface area contributed by atoms with Crippen molar-refractivity contribution in [2.24, 2.45) is 0 Å². The lowest BCUT2D eigenvalue weighted by atomic mass is 10.2. The summed E-state index contributed by atoms with van der Waals surface area (Å²) >= 11 is 3.37. The molecule has 3 aromatic rings. The van der Waals surface area contributed by atoms with Gasteiger partial charge in [0, 0.05) is 16.4 Å². The number of aromatic amines is 1. The van der Waals surface area contributed by atoms with E-state index in [-0.39, 0.29) is 17.2 Å². The molecule has 0 amide bonds. The maximum absolute atomic E-state index is 11.4. The number of hydrogen-bond donors (Lipinski definition) is 3. The zero-order valence-electron chi connectivity index (χ0n) is 11.1. The molecule has 2 aromatic heterocycles. The first-order valence-corrected chi connectivity index (χ1v) is 7.38. The molecule has 0 spiro atoms. The van der Waals surface area contributed by atoms with E-state index in [4.69, 9.17) is 9.52 Å². The highest BCUT2D eigenvalue weighted by Crippen LogP contribution is 2.27. The minimum absolute atomic E-state index is 0.0648. The van der Waals surface area contributed by atoms with Gasteiger partial charge in [0.05, 0.1) is 12.4 Å². The normalized spacial score (nSPS) is 17.9. The van der Waals surface area contributed by atoms with Crippen molar-refractivity contribution >= 4 is 38.0 Å². The maximum Gasteiger partial charge on any atom is 0.294 e. The molecule has 0 saturated carbocycles. The Bertz CT molecular complexity index is 821. The lowest BCUT2D eigenvalue weighted by Gasteiger charge is -1.90. The van der Waals surface area contributed by atoms with Crippen molar-refractivity contribution in [2.75, 3.05) is 13.1 Å². The van der Waals surface area contributed by atoms with Gasteiger partial charge < -0.3 is 19.8 Å². The first kappa shape index (κ1) is 14.2. The van der Waals surface area contributed by atoms with E-state index in [1.165, 1.54) is 6.33 Å². The van der Waals surface area contributed by atoms with Crippen molar-refractivity contribution in [3.8, 4) is 0 Å². The number of β-amino-alcohol motifs (C(OH)–C–C–N with tert-alkyl or cyclic N) is 1. The van der Waals surface area contributed by atoms with Crippen LogP contribution >= 0.6 is 15.9 Å². The molecular weight excluding hydrogens is 338 g/mol. The SMILES string of the molecule is O=c1[nH]cnc2c1oc1ccc(Br)cc12.OC1CCNC1. The van der Waals surface area contributed by atoms with E-state index < -0.39 is 0 Å². The number of aromatic nitrogens is 2. The van der Waals surface area contributed by atoms with Crippen molar-refractivity contribution in [1.29, 1.82) is 0 Å². The molecule has 0 radical (unpaired) electrons. The van der Waals surface area contributed by atoms with Crippen LogP contribution in [0.5, 0.6) is 0 Å². The molecule has 1 aromatic carbocycles. The smallest absolute Gasteiger partial charge is 0.294 e. The van der Waals surface area contributed by atoms with E-state index in [2.05, 4.69) is 31.2 Å². The highest BCUT2D eigenvalue weighted by molar-refractivity contribution is 9.10. The fraction of sp³-hybridized carbons (Fsp3) is 0.286. The number of fused-ring (bicyclic) bond motifs is 3. The number of furan rings is 1. The Morgan fingerprint density at radius 3 is 2.95 bits per heavy atom. The number of hydrogen-bond acceptors (Lipinski definition) is 5. The molecule has 1 atom stereocenters. The van der Waals surface area contributed by atoms with Crippen molar-refractivity contribution in [3.05, 3.63) is 39.4 Å². The maximum atomic E-state index is 11.4. The minimum atomic E-state index is -0.257. The summed E-state index contributed by atoms with van der Waals surface area (Å²) in [5.41, 5.74) is 1.27. The standard InChI is InChI=1S/C10H5BrN2O2.C4H9NO/c11-5-1-2-7-6(3-5)8-9(15-7)10(14)13-4-12-8;6-4-1-2-5-3-4/h1-4H,(H,12,13,14);4-6H,1-3H2. The van der Waals surface area contributed by atoms with Gasteiger partial charge in [0.1, 0.15) is 11.1 Å². The van der Waals surface area contributed by atoms with Gasteiger partial charge in [-0.25, -0.2) is 4.98 Å². The van der Waals surface area contributed by atoms with E-state index in [1.54, 1.807) is 6.07 Å². The zero-order chi connectivity index (χ0) is 14.8. The molecule has 1 saturated heterocycles. The predicted octanol–water partition coefficient (Wildman–Crippen LogP) is 1.77. The largest absolute Gasteiger partial charge is 0.449 e. The Morgan fingerprint density at radius 2 is 2.29 bits per heavy atom. The van der Waals surface area contributed by atoms with Crippen LogP contribution in [0.15, 0.2) is 38.2 Å². The fourth-order valence-electron chi connectivity index (χ4n) is 2.20. The average molecular weight is 352 g/mol. The van der Waals surface area contributed by atoms with Gasteiger partial charge in [0.15, 0.2) is 0 Å². The summed E-state index contributed by atoms with van der Waals surface area (Å²) < 4.78 is 6.34. The lowest BCUT2D eigenvalue weighted by molar-refractivity contribution is 0.196. The number of halogens is 1. The highest BCUT2D eigenvalue weighted by atomic mass is 79.9. The molecule has 7 heteroatoms. The molecule has 1 fully saturated rings. The molecule has 0 aliphatic carbocycles. The highest BCUT2D eigenvalue weighted by Gasteiger charge is 2.10. The fourth-order valence-corrected chi connectivity index (χ4v) is 2.56. The second-order valence-corrected chi connectivity index (χ2v) is 5.71. The second-order valence-electron chi connectivity index (χ2n) is 4.80. The lowest BCUT2D eigenvalue weighted by Crippen LogP contribution is -2.11. The molecule has 6 nitrogen and oxygen atoms in total. The Balaban J connectivity index is 0.000000186.